The summed E-state index contributed by atoms with van der Waals surface area (Å²) in [5, 5.41) is 3.22. The van der Waals surface area contributed by atoms with E-state index in [4.69, 9.17) is 23.2 Å². The van der Waals surface area contributed by atoms with Crippen LogP contribution in [0, 0.1) is 0 Å². The first kappa shape index (κ1) is 15.5. The van der Waals surface area contributed by atoms with E-state index in [1.165, 1.54) is 12.1 Å². The van der Waals surface area contributed by atoms with Gasteiger partial charge in [0, 0.05) is 25.1 Å². The Hall–Kier alpha value is -2.44. The number of pyridine rings is 2. The molecule has 0 saturated carbocycles. The Morgan fingerprint density at radius 1 is 1.22 bits per heavy atom. The standard InChI is InChI=1S/C15H11Cl2N5O/c16-11-1-2-12(17)21-14(11)15(23)20-8-10-3-4-19-13(7-10)22-6-5-18-9-22/h1-7,9H,8H2,(H,20,23). The maximum atomic E-state index is 12.2. The summed E-state index contributed by atoms with van der Waals surface area (Å²) in [4.78, 5) is 24.3. The molecule has 0 unspecified atom stereocenters. The minimum Gasteiger partial charge on any atom is -0.347 e. The van der Waals surface area contributed by atoms with Crippen LogP contribution in [0.2, 0.25) is 10.2 Å². The molecule has 0 bridgehead atoms. The second kappa shape index (κ2) is 6.76. The molecular formula is C15H11Cl2N5O. The van der Waals surface area contributed by atoms with Crippen molar-refractivity contribution in [2.45, 2.75) is 6.54 Å². The molecule has 8 heteroatoms. The Bertz CT molecular complexity index is 836. The van der Waals surface area contributed by atoms with E-state index in [0.717, 1.165) is 5.56 Å². The Morgan fingerprint density at radius 2 is 2.09 bits per heavy atom. The number of nitrogens with one attached hydrogen (secondary N) is 1. The van der Waals surface area contributed by atoms with Crippen LogP contribution in [-0.2, 0) is 6.54 Å². The number of halogens is 2. The first-order valence-corrected chi connectivity index (χ1v) is 7.42. The molecule has 116 valence electrons. The smallest absolute Gasteiger partial charge is 0.271 e. The third-order valence-corrected chi connectivity index (χ3v) is 3.57. The maximum Gasteiger partial charge on any atom is 0.271 e. The summed E-state index contributed by atoms with van der Waals surface area (Å²) >= 11 is 11.8. The van der Waals surface area contributed by atoms with Gasteiger partial charge in [-0.1, -0.05) is 23.2 Å². The highest BCUT2D eigenvalue weighted by Crippen LogP contribution is 2.17. The normalized spacial score (nSPS) is 10.5. The van der Waals surface area contributed by atoms with E-state index in [1.807, 2.05) is 12.1 Å². The van der Waals surface area contributed by atoms with E-state index in [9.17, 15) is 4.79 Å². The number of aromatic nitrogens is 4. The molecule has 0 aliphatic carbocycles. The highest BCUT2D eigenvalue weighted by atomic mass is 35.5. The van der Waals surface area contributed by atoms with Crippen molar-refractivity contribution in [3.8, 4) is 5.82 Å². The van der Waals surface area contributed by atoms with Crippen molar-refractivity contribution in [1.29, 1.82) is 0 Å². The number of hydrogen-bond donors (Lipinski definition) is 1. The van der Waals surface area contributed by atoms with Crippen LogP contribution in [0.1, 0.15) is 16.1 Å². The Labute approximate surface area is 142 Å². The summed E-state index contributed by atoms with van der Waals surface area (Å²) in [6, 6.07) is 6.74. The Balaban J connectivity index is 1.72. The molecule has 1 amide bonds. The monoisotopic (exact) mass is 347 g/mol. The molecule has 3 aromatic heterocycles. The highest BCUT2D eigenvalue weighted by molar-refractivity contribution is 6.34. The molecule has 1 N–H and O–H groups in total. The fraction of sp³-hybridized carbons (Fsp3) is 0.0667. The first-order valence-electron chi connectivity index (χ1n) is 6.67. The average Bonchev–Trinajstić information content (AvgIpc) is 3.10. The van der Waals surface area contributed by atoms with Crippen LogP contribution < -0.4 is 5.32 Å². The van der Waals surface area contributed by atoms with Crippen molar-refractivity contribution < 1.29 is 4.79 Å². The second-order valence-electron chi connectivity index (χ2n) is 4.64. The molecule has 3 rings (SSSR count). The summed E-state index contributed by atoms with van der Waals surface area (Å²) in [7, 11) is 0. The zero-order valence-corrected chi connectivity index (χ0v) is 13.3. The average molecular weight is 348 g/mol. The molecule has 0 saturated heterocycles. The van der Waals surface area contributed by atoms with Gasteiger partial charge in [0.25, 0.3) is 5.91 Å². The predicted molar refractivity (Wildman–Crippen MR) is 86.8 cm³/mol. The van der Waals surface area contributed by atoms with Gasteiger partial charge in [-0.3, -0.25) is 9.36 Å². The predicted octanol–water partition coefficient (Wildman–Crippen LogP) is 2.90. The van der Waals surface area contributed by atoms with Crippen LogP contribution in [-0.4, -0.2) is 25.4 Å². The second-order valence-corrected chi connectivity index (χ2v) is 5.43. The molecule has 0 spiro atoms. The fourth-order valence-corrected chi connectivity index (χ4v) is 2.29. The van der Waals surface area contributed by atoms with E-state index in [2.05, 4.69) is 20.3 Å². The number of hydrogen-bond acceptors (Lipinski definition) is 4. The minimum absolute atomic E-state index is 0.100. The van der Waals surface area contributed by atoms with Gasteiger partial charge in [0.05, 0.1) is 5.02 Å². The van der Waals surface area contributed by atoms with E-state index in [-0.39, 0.29) is 15.9 Å². The zero-order chi connectivity index (χ0) is 16.2. The lowest BCUT2D eigenvalue weighted by molar-refractivity contribution is 0.0946. The van der Waals surface area contributed by atoms with Crippen LogP contribution in [0.3, 0.4) is 0 Å². The number of imidazole rings is 1. The summed E-state index contributed by atoms with van der Waals surface area (Å²) in [6.07, 6.45) is 6.78. The topological polar surface area (TPSA) is 72.7 Å². The zero-order valence-electron chi connectivity index (χ0n) is 11.8. The first-order chi connectivity index (χ1) is 11.1. The molecule has 0 atom stereocenters. The van der Waals surface area contributed by atoms with Crippen LogP contribution in [0.25, 0.3) is 5.82 Å². The maximum absolute atomic E-state index is 12.2. The Morgan fingerprint density at radius 3 is 2.87 bits per heavy atom. The largest absolute Gasteiger partial charge is 0.347 e. The van der Waals surface area contributed by atoms with Crippen LogP contribution in [0.15, 0.2) is 49.2 Å². The quantitative estimate of drug-likeness (QED) is 0.736. The van der Waals surface area contributed by atoms with E-state index in [0.29, 0.717) is 12.4 Å². The number of nitrogens with zero attached hydrogens (tertiary/aromatic N) is 4. The summed E-state index contributed by atoms with van der Waals surface area (Å²) in [5.74, 6) is 0.326. The summed E-state index contributed by atoms with van der Waals surface area (Å²) in [6.45, 7) is 0.313. The lowest BCUT2D eigenvalue weighted by Gasteiger charge is -2.08. The van der Waals surface area contributed by atoms with Crippen molar-refractivity contribution in [2.75, 3.05) is 0 Å². The van der Waals surface area contributed by atoms with Gasteiger partial charge in [0.1, 0.15) is 23.0 Å². The molecule has 0 fully saturated rings. The summed E-state index contributed by atoms with van der Waals surface area (Å²) in [5.41, 5.74) is 0.984. The molecule has 0 aliphatic heterocycles. The van der Waals surface area contributed by atoms with E-state index in [1.54, 1.807) is 29.5 Å². The molecule has 23 heavy (non-hydrogen) atoms. The highest BCUT2D eigenvalue weighted by Gasteiger charge is 2.12. The van der Waals surface area contributed by atoms with Crippen molar-refractivity contribution in [2.24, 2.45) is 0 Å². The van der Waals surface area contributed by atoms with E-state index >= 15 is 0 Å². The molecule has 0 aromatic carbocycles. The lowest BCUT2D eigenvalue weighted by Crippen LogP contribution is -2.24. The van der Waals surface area contributed by atoms with Gasteiger partial charge in [-0.2, -0.15) is 0 Å². The third kappa shape index (κ3) is 3.67. The van der Waals surface area contributed by atoms with Gasteiger partial charge in [0.15, 0.2) is 0 Å². The van der Waals surface area contributed by atoms with Gasteiger partial charge >= 0.3 is 0 Å². The molecule has 0 radical (unpaired) electrons. The lowest BCUT2D eigenvalue weighted by atomic mass is 10.2. The van der Waals surface area contributed by atoms with E-state index < -0.39 is 5.91 Å². The van der Waals surface area contributed by atoms with Gasteiger partial charge in [-0.05, 0) is 29.8 Å². The van der Waals surface area contributed by atoms with Crippen molar-refractivity contribution >= 4 is 29.1 Å². The molecule has 0 aliphatic rings. The van der Waals surface area contributed by atoms with Gasteiger partial charge in [0.2, 0.25) is 0 Å². The van der Waals surface area contributed by atoms with Crippen LogP contribution >= 0.6 is 23.2 Å². The fourth-order valence-electron chi connectivity index (χ4n) is 1.95. The van der Waals surface area contributed by atoms with Crippen molar-refractivity contribution in [3.05, 3.63) is 70.6 Å². The van der Waals surface area contributed by atoms with Crippen molar-refractivity contribution in [3.63, 3.8) is 0 Å². The molecule has 3 heterocycles. The van der Waals surface area contributed by atoms with Crippen LogP contribution in [0.4, 0.5) is 0 Å². The molecule has 6 nitrogen and oxygen atoms in total. The number of carbonyl (C=O) groups is 1. The van der Waals surface area contributed by atoms with Gasteiger partial charge in [-0.25, -0.2) is 15.0 Å². The molecular weight excluding hydrogens is 337 g/mol. The summed E-state index contributed by atoms with van der Waals surface area (Å²) < 4.78 is 1.78. The number of carbonyl (C=O) groups excluding carboxylic acids is 1. The third-order valence-electron chi connectivity index (χ3n) is 3.06. The van der Waals surface area contributed by atoms with Gasteiger partial charge < -0.3 is 5.32 Å². The van der Waals surface area contributed by atoms with Crippen LogP contribution in [0.5, 0.6) is 0 Å². The van der Waals surface area contributed by atoms with Crippen molar-refractivity contribution in [1.82, 2.24) is 24.8 Å². The molecule has 3 aromatic rings. The Kier molecular flexibility index (Phi) is 4.55. The minimum atomic E-state index is -0.390. The number of rotatable bonds is 4. The number of amides is 1. The SMILES string of the molecule is O=C(NCc1ccnc(-n2ccnc2)c1)c1nc(Cl)ccc1Cl. The van der Waals surface area contributed by atoms with Gasteiger partial charge in [-0.15, -0.1) is 0 Å².